The van der Waals surface area contributed by atoms with Gasteiger partial charge in [0.2, 0.25) is 5.95 Å². The zero-order valence-corrected chi connectivity index (χ0v) is 13.8. The first kappa shape index (κ1) is 18.1. The van der Waals surface area contributed by atoms with Crippen molar-refractivity contribution in [3.8, 4) is 0 Å². The number of aliphatic hydroxyl groups excluding tert-OH is 1. The molecule has 0 bridgehead atoms. The van der Waals surface area contributed by atoms with E-state index in [0.717, 1.165) is 15.5 Å². The molecular weight excluding hydrogens is 335 g/mol. The van der Waals surface area contributed by atoms with E-state index in [-0.39, 0.29) is 30.6 Å². The number of hydrogen-bond acceptors (Lipinski definition) is 4. The lowest BCUT2D eigenvalue weighted by atomic mass is 9.88. The topological polar surface area (TPSA) is 58.4 Å². The van der Waals surface area contributed by atoms with Gasteiger partial charge in [-0.05, 0) is 11.8 Å². The molecule has 0 aliphatic carbocycles. The van der Waals surface area contributed by atoms with Crippen molar-refractivity contribution < 1.29 is 18.3 Å². The molecule has 130 valence electrons. The molecule has 1 aliphatic heterocycles. The molecule has 23 heavy (non-hydrogen) atoms. The monoisotopic (exact) mass is 353 g/mol. The number of alkyl halides is 3. The lowest BCUT2D eigenvalue weighted by Gasteiger charge is -2.41. The fourth-order valence-corrected chi connectivity index (χ4v) is 2.62. The van der Waals surface area contributed by atoms with E-state index in [4.69, 9.17) is 11.6 Å². The van der Waals surface area contributed by atoms with Gasteiger partial charge >= 0.3 is 6.18 Å². The smallest absolute Gasteiger partial charge is 0.391 e. The molecule has 2 atom stereocenters. The molecule has 0 fully saturated rings. The average molecular weight is 354 g/mol. The summed E-state index contributed by atoms with van der Waals surface area (Å²) in [5.74, 6) is -0.153. The van der Waals surface area contributed by atoms with Crippen LogP contribution in [0.2, 0.25) is 5.15 Å². The molecule has 0 saturated carbocycles. The van der Waals surface area contributed by atoms with E-state index in [1.54, 1.807) is 20.8 Å². The first-order valence-electron chi connectivity index (χ1n) is 7.20. The number of anilines is 1. The lowest BCUT2D eigenvalue weighted by Crippen LogP contribution is -2.55. The fourth-order valence-electron chi connectivity index (χ4n) is 2.45. The van der Waals surface area contributed by atoms with Crippen LogP contribution >= 0.6 is 11.6 Å². The number of rotatable bonds is 2. The predicted molar refractivity (Wildman–Crippen MR) is 80.8 cm³/mol. The van der Waals surface area contributed by atoms with Gasteiger partial charge in [0.25, 0.3) is 5.56 Å². The second-order valence-corrected chi connectivity index (χ2v) is 7.14. The molecule has 1 aromatic heterocycles. The highest BCUT2D eigenvalue weighted by Crippen LogP contribution is 2.35. The highest BCUT2D eigenvalue weighted by atomic mass is 35.5. The van der Waals surface area contributed by atoms with Crippen LogP contribution in [0.15, 0.2) is 10.9 Å². The number of aromatic nitrogens is 2. The number of halogens is 4. The summed E-state index contributed by atoms with van der Waals surface area (Å²) < 4.78 is 41.2. The van der Waals surface area contributed by atoms with Gasteiger partial charge in [-0.25, -0.2) is 4.98 Å². The molecule has 1 N–H and O–H groups in total. The summed E-state index contributed by atoms with van der Waals surface area (Å²) in [6, 6.07) is -0.748. The summed E-state index contributed by atoms with van der Waals surface area (Å²) in [6.45, 7) is 4.79. The molecule has 0 amide bonds. The second-order valence-electron chi connectivity index (χ2n) is 6.75. The molecule has 0 saturated heterocycles. The van der Waals surface area contributed by atoms with Crippen LogP contribution in [0.4, 0.5) is 19.1 Å². The number of hydrogen-bond donors (Lipinski definition) is 1. The van der Waals surface area contributed by atoms with Gasteiger partial charge in [-0.3, -0.25) is 9.36 Å². The van der Waals surface area contributed by atoms with Crippen LogP contribution in [0.5, 0.6) is 0 Å². The summed E-state index contributed by atoms with van der Waals surface area (Å²) >= 11 is 5.74. The van der Waals surface area contributed by atoms with Crippen molar-refractivity contribution in [1.82, 2.24) is 9.55 Å². The molecule has 0 aromatic carbocycles. The van der Waals surface area contributed by atoms with Crippen LogP contribution in [0.25, 0.3) is 0 Å². The molecule has 5 nitrogen and oxygen atoms in total. The fraction of sp³-hybridized carbons (Fsp3) is 0.714. The summed E-state index contributed by atoms with van der Waals surface area (Å²) in [5.41, 5.74) is -1.12. The van der Waals surface area contributed by atoms with Crippen molar-refractivity contribution >= 4 is 17.5 Å². The largest absolute Gasteiger partial charge is 0.408 e. The van der Waals surface area contributed by atoms with Crippen LogP contribution in [0.1, 0.15) is 27.2 Å². The van der Waals surface area contributed by atoms with Gasteiger partial charge in [-0.15, -0.1) is 0 Å². The zero-order chi connectivity index (χ0) is 17.6. The van der Waals surface area contributed by atoms with Gasteiger partial charge in [0.15, 0.2) is 0 Å². The molecule has 1 aliphatic rings. The van der Waals surface area contributed by atoms with Gasteiger partial charge < -0.3 is 10.0 Å². The third kappa shape index (κ3) is 3.80. The van der Waals surface area contributed by atoms with E-state index in [0.29, 0.717) is 0 Å². The Morgan fingerprint density at radius 1 is 1.43 bits per heavy atom. The summed E-state index contributed by atoms with van der Waals surface area (Å²) in [7, 11) is 0. The second kappa shape index (κ2) is 5.98. The van der Waals surface area contributed by atoms with Gasteiger partial charge in [0, 0.05) is 19.2 Å². The quantitative estimate of drug-likeness (QED) is 0.830. The Morgan fingerprint density at radius 3 is 2.57 bits per heavy atom. The first-order chi connectivity index (χ1) is 10.4. The highest BCUT2D eigenvalue weighted by Gasteiger charge is 2.47. The Balaban J connectivity index is 2.50. The van der Waals surface area contributed by atoms with E-state index in [1.165, 1.54) is 0 Å². The highest BCUT2D eigenvalue weighted by molar-refractivity contribution is 6.29. The number of aliphatic hydroxyl groups is 1. The van der Waals surface area contributed by atoms with Gasteiger partial charge in [-0.2, -0.15) is 13.2 Å². The van der Waals surface area contributed by atoms with Crippen molar-refractivity contribution in [1.29, 1.82) is 0 Å². The van der Waals surface area contributed by atoms with Gasteiger partial charge in [-0.1, -0.05) is 32.4 Å². The number of β-amino-alcohol motifs (C(OH)–C–C–N with tert-alkyl or cyclic N) is 1. The zero-order valence-electron chi connectivity index (χ0n) is 13.1. The van der Waals surface area contributed by atoms with E-state index in [9.17, 15) is 23.1 Å². The minimum Gasteiger partial charge on any atom is -0.391 e. The summed E-state index contributed by atoms with van der Waals surface area (Å²) in [4.78, 5) is 16.8. The van der Waals surface area contributed by atoms with Gasteiger partial charge in [0.1, 0.15) is 11.2 Å². The summed E-state index contributed by atoms with van der Waals surface area (Å²) in [6.07, 6.45) is -5.81. The maximum absolute atomic E-state index is 13.4. The molecule has 9 heteroatoms. The van der Waals surface area contributed by atoms with E-state index in [1.807, 2.05) is 0 Å². The molecule has 2 rings (SSSR count). The van der Waals surface area contributed by atoms with Crippen LogP contribution in [0, 0.1) is 5.41 Å². The predicted octanol–water partition coefficient (Wildman–Crippen LogP) is 2.44. The SMILES string of the molecule is CC(C)(C)C(O)CN1c2nc(Cl)cc(=O)n2CC[C@H]1C(F)(F)F. The Hall–Kier alpha value is -1.28. The van der Waals surface area contributed by atoms with Crippen LogP contribution in [-0.2, 0) is 6.54 Å². The number of nitrogens with zero attached hydrogens (tertiary/aromatic N) is 3. The Labute approximate surface area is 136 Å². The van der Waals surface area contributed by atoms with Crippen molar-refractivity contribution in [2.24, 2.45) is 5.41 Å². The minimum atomic E-state index is -4.50. The standard InChI is InChI=1S/C14H19ClF3N3O2/c1-13(2,3)9(22)7-21-8(14(16,17)18)4-5-20-11(23)6-10(15)19-12(20)21/h6,8-9,22H,4-5,7H2,1-3H3/t8-,9?/m0/s1. The molecular formula is C14H19ClF3N3O2. The van der Waals surface area contributed by atoms with Crippen LogP contribution in [-0.4, -0.2) is 39.5 Å². The van der Waals surface area contributed by atoms with E-state index >= 15 is 0 Å². The lowest BCUT2D eigenvalue weighted by molar-refractivity contribution is -0.154. The third-order valence-electron chi connectivity index (χ3n) is 3.96. The minimum absolute atomic E-state index is 0.0926. The normalized spacial score (nSPS) is 20.3. The first-order valence-corrected chi connectivity index (χ1v) is 7.58. The molecule has 1 aromatic rings. The van der Waals surface area contributed by atoms with Crippen molar-refractivity contribution in [3.05, 3.63) is 21.6 Å². The van der Waals surface area contributed by atoms with Gasteiger partial charge in [0.05, 0.1) is 6.10 Å². The van der Waals surface area contributed by atoms with Crippen molar-refractivity contribution in [2.45, 2.75) is 52.1 Å². The Kier molecular flexibility index (Phi) is 4.69. The average Bonchev–Trinajstić information content (AvgIpc) is 2.36. The van der Waals surface area contributed by atoms with Crippen LogP contribution < -0.4 is 10.5 Å². The van der Waals surface area contributed by atoms with E-state index < -0.39 is 29.3 Å². The number of fused-ring (bicyclic) bond motifs is 1. The maximum Gasteiger partial charge on any atom is 0.408 e. The summed E-state index contributed by atoms with van der Waals surface area (Å²) in [5, 5.41) is 10.1. The molecule has 2 heterocycles. The van der Waals surface area contributed by atoms with E-state index in [2.05, 4.69) is 4.98 Å². The Bertz CT molecular complexity index is 640. The van der Waals surface area contributed by atoms with Crippen molar-refractivity contribution in [3.63, 3.8) is 0 Å². The molecule has 1 unspecified atom stereocenters. The Morgan fingerprint density at radius 2 is 2.04 bits per heavy atom. The maximum atomic E-state index is 13.4. The van der Waals surface area contributed by atoms with Crippen molar-refractivity contribution in [2.75, 3.05) is 11.4 Å². The van der Waals surface area contributed by atoms with Crippen LogP contribution in [0.3, 0.4) is 0 Å². The third-order valence-corrected chi connectivity index (χ3v) is 4.16. The molecule has 0 spiro atoms. The molecule has 0 radical (unpaired) electrons.